The van der Waals surface area contributed by atoms with E-state index < -0.39 is 5.92 Å². The van der Waals surface area contributed by atoms with Crippen molar-refractivity contribution in [3.63, 3.8) is 0 Å². The number of fused-ring (bicyclic) bond motifs is 2. The minimum atomic E-state index is -0.734. The number of hydrogen-bond donors (Lipinski definition) is 1. The first-order chi connectivity index (χ1) is 8.29. The van der Waals surface area contributed by atoms with E-state index in [-0.39, 0.29) is 5.91 Å². The average Bonchev–Trinajstić information content (AvgIpc) is 2.49. The van der Waals surface area contributed by atoms with E-state index in [4.69, 9.17) is 9.47 Å². The van der Waals surface area contributed by atoms with Gasteiger partial charge in [0.15, 0.2) is 11.5 Å². The van der Waals surface area contributed by atoms with Crippen LogP contribution in [0.3, 0.4) is 0 Å². The first kappa shape index (κ1) is 10.1. The number of ether oxygens (including phenoxy) is 2. The highest BCUT2D eigenvalue weighted by Gasteiger charge is 2.32. The smallest absolute Gasteiger partial charge is 0.239 e. The zero-order chi connectivity index (χ0) is 11.8. The standard InChI is InChI=1S/C12H11NO4/c14-6-8-7-4-10-11(17-3-1-2-16-10)5-9(7)13-12(8)15/h4-6,8H,1-3H2,(H,13,15). The van der Waals surface area contributed by atoms with Crippen LogP contribution in [-0.4, -0.2) is 25.4 Å². The molecule has 88 valence electrons. The Labute approximate surface area is 97.7 Å². The van der Waals surface area contributed by atoms with Crippen LogP contribution in [0.5, 0.6) is 11.5 Å². The van der Waals surface area contributed by atoms with Crippen LogP contribution < -0.4 is 14.8 Å². The molecule has 0 saturated heterocycles. The van der Waals surface area contributed by atoms with Gasteiger partial charge in [0.1, 0.15) is 12.2 Å². The van der Waals surface area contributed by atoms with Crippen LogP contribution in [-0.2, 0) is 9.59 Å². The lowest BCUT2D eigenvalue weighted by molar-refractivity contribution is -0.121. The van der Waals surface area contributed by atoms with Crippen LogP contribution in [0.1, 0.15) is 17.9 Å². The van der Waals surface area contributed by atoms with Gasteiger partial charge in [-0.1, -0.05) is 0 Å². The highest BCUT2D eigenvalue weighted by molar-refractivity contribution is 6.11. The van der Waals surface area contributed by atoms with Crippen molar-refractivity contribution >= 4 is 17.9 Å². The van der Waals surface area contributed by atoms with Crippen LogP contribution in [0.25, 0.3) is 0 Å². The molecule has 1 aromatic rings. The maximum atomic E-state index is 11.5. The van der Waals surface area contributed by atoms with E-state index in [0.717, 1.165) is 6.42 Å². The molecule has 2 heterocycles. The van der Waals surface area contributed by atoms with E-state index >= 15 is 0 Å². The van der Waals surface area contributed by atoms with E-state index in [2.05, 4.69) is 5.32 Å². The lowest BCUT2D eigenvalue weighted by atomic mass is 10.0. The van der Waals surface area contributed by atoms with Crippen molar-refractivity contribution in [3.8, 4) is 11.5 Å². The molecule has 3 rings (SSSR count). The molecule has 1 amide bonds. The molecular formula is C12H11NO4. The number of benzene rings is 1. The molecule has 0 saturated carbocycles. The fraction of sp³-hybridized carbons (Fsp3) is 0.333. The summed E-state index contributed by atoms with van der Waals surface area (Å²) in [4.78, 5) is 22.4. The first-order valence-corrected chi connectivity index (χ1v) is 5.49. The third-order valence-electron chi connectivity index (χ3n) is 2.93. The highest BCUT2D eigenvalue weighted by atomic mass is 16.5. The summed E-state index contributed by atoms with van der Waals surface area (Å²) >= 11 is 0. The van der Waals surface area contributed by atoms with Crippen molar-refractivity contribution in [3.05, 3.63) is 17.7 Å². The number of anilines is 1. The molecule has 1 atom stereocenters. The number of rotatable bonds is 1. The Morgan fingerprint density at radius 1 is 1.24 bits per heavy atom. The summed E-state index contributed by atoms with van der Waals surface area (Å²) in [5.74, 6) is 0.190. The number of amides is 1. The molecule has 1 unspecified atom stereocenters. The molecule has 0 aromatic heterocycles. The maximum absolute atomic E-state index is 11.5. The Kier molecular flexibility index (Phi) is 2.24. The largest absolute Gasteiger partial charge is 0.490 e. The minimum absolute atomic E-state index is 0.296. The predicted octanol–water partition coefficient (Wildman–Crippen LogP) is 1.08. The third-order valence-corrected chi connectivity index (χ3v) is 2.93. The summed E-state index contributed by atoms with van der Waals surface area (Å²) in [7, 11) is 0. The SMILES string of the molecule is O=CC1C(=O)Nc2cc3c(cc21)OCCCO3. The van der Waals surface area contributed by atoms with Gasteiger partial charge in [0.05, 0.1) is 13.2 Å². The van der Waals surface area contributed by atoms with E-state index in [1.54, 1.807) is 12.1 Å². The van der Waals surface area contributed by atoms with Crippen molar-refractivity contribution in [1.82, 2.24) is 0 Å². The average molecular weight is 233 g/mol. The van der Waals surface area contributed by atoms with Crippen molar-refractivity contribution in [2.75, 3.05) is 18.5 Å². The lowest BCUT2D eigenvalue weighted by Crippen LogP contribution is -2.12. The summed E-state index contributed by atoms with van der Waals surface area (Å²) in [5.41, 5.74) is 1.30. The zero-order valence-electron chi connectivity index (χ0n) is 9.06. The third kappa shape index (κ3) is 1.54. The number of hydrogen-bond acceptors (Lipinski definition) is 4. The minimum Gasteiger partial charge on any atom is -0.490 e. The van der Waals surface area contributed by atoms with Gasteiger partial charge in [0, 0.05) is 18.2 Å². The maximum Gasteiger partial charge on any atom is 0.239 e. The van der Waals surface area contributed by atoms with Gasteiger partial charge in [-0.2, -0.15) is 0 Å². The van der Waals surface area contributed by atoms with E-state index in [1.165, 1.54) is 0 Å². The topological polar surface area (TPSA) is 64.6 Å². The number of nitrogens with one attached hydrogen (secondary N) is 1. The van der Waals surface area contributed by atoms with E-state index in [0.29, 0.717) is 42.2 Å². The van der Waals surface area contributed by atoms with Gasteiger partial charge in [0.2, 0.25) is 5.91 Å². The van der Waals surface area contributed by atoms with Crippen LogP contribution in [0.2, 0.25) is 0 Å². The molecule has 0 radical (unpaired) electrons. The van der Waals surface area contributed by atoms with Crippen molar-refractivity contribution in [2.45, 2.75) is 12.3 Å². The molecular weight excluding hydrogens is 222 g/mol. The number of carbonyl (C=O) groups is 2. The number of carbonyl (C=O) groups excluding carboxylic acids is 2. The molecule has 0 spiro atoms. The molecule has 5 nitrogen and oxygen atoms in total. The highest BCUT2D eigenvalue weighted by Crippen LogP contribution is 2.41. The quantitative estimate of drug-likeness (QED) is 0.582. The molecule has 0 fully saturated rings. The second-order valence-corrected chi connectivity index (χ2v) is 4.04. The second kappa shape index (κ2) is 3.76. The van der Waals surface area contributed by atoms with Crippen molar-refractivity contribution in [1.29, 1.82) is 0 Å². The Morgan fingerprint density at radius 3 is 2.65 bits per heavy atom. The zero-order valence-corrected chi connectivity index (χ0v) is 9.06. The van der Waals surface area contributed by atoms with Crippen LogP contribution >= 0.6 is 0 Å². The second-order valence-electron chi connectivity index (χ2n) is 4.04. The molecule has 1 aromatic carbocycles. The van der Waals surface area contributed by atoms with Gasteiger partial charge in [-0.15, -0.1) is 0 Å². The Hall–Kier alpha value is -2.04. The van der Waals surface area contributed by atoms with Gasteiger partial charge < -0.3 is 19.6 Å². The van der Waals surface area contributed by atoms with Gasteiger partial charge in [-0.3, -0.25) is 4.79 Å². The molecule has 0 bridgehead atoms. The number of aldehydes is 1. The Balaban J connectivity index is 2.09. The molecule has 1 N–H and O–H groups in total. The molecule has 0 aliphatic carbocycles. The Bertz CT molecular complexity index is 498. The summed E-state index contributed by atoms with van der Waals surface area (Å²) in [6, 6.07) is 3.43. The van der Waals surface area contributed by atoms with Crippen molar-refractivity contribution < 1.29 is 19.1 Å². The van der Waals surface area contributed by atoms with Gasteiger partial charge in [-0.05, 0) is 11.6 Å². The summed E-state index contributed by atoms with van der Waals surface area (Å²) in [5, 5.41) is 2.66. The molecule has 2 aliphatic rings. The van der Waals surface area contributed by atoms with E-state index in [9.17, 15) is 9.59 Å². The normalized spacial score (nSPS) is 21.4. The first-order valence-electron chi connectivity index (χ1n) is 5.49. The fourth-order valence-electron chi connectivity index (χ4n) is 2.08. The lowest BCUT2D eigenvalue weighted by Gasteiger charge is -2.09. The summed E-state index contributed by atoms with van der Waals surface area (Å²) < 4.78 is 11.0. The molecule has 2 aliphatic heterocycles. The van der Waals surface area contributed by atoms with Crippen LogP contribution in [0.4, 0.5) is 5.69 Å². The van der Waals surface area contributed by atoms with Gasteiger partial charge >= 0.3 is 0 Å². The predicted molar refractivity (Wildman–Crippen MR) is 59.5 cm³/mol. The fourth-order valence-corrected chi connectivity index (χ4v) is 2.08. The van der Waals surface area contributed by atoms with Crippen LogP contribution in [0.15, 0.2) is 12.1 Å². The summed E-state index contributed by atoms with van der Waals surface area (Å²) in [6.07, 6.45) is 1.47. The Morgan fingerprint density at radius 2 is 1.94 bits per heavy atom. The summed E-state index contributed by atoms with van der Waals surface area (Å²) in [6.45, 7) is 1.18. The van der Waals surface area contributed by atoms with Gasteiger partial charge in [-0.25, -0.2) is 0 Å². The van der Waals surface area contributed by atoms with Crippen LogP contribution in [0, 0.1) is 0 Å². The van der Waals surface area contributed by atoms with Gasteiger partial charge in [0.25, 0.3) is 0 Å². The van der Waals surface area contributed by atoms with E-state index in [1.807, 2.05) is 0 Å². The van der Waals surface area contributed by atoms with Crippen molar-refractivity contribution in [2.24, 2.45) is 0 Å². The molecule has 5 heteroatoms. The monoisotopic (exact) mass is 233 g/mol. The molecule has 17 heavy (non-hydrogen) atoms.